The normalized spacial score (nSPS) is 15.7. The molecule has 0 bridgehead atoms. The minimum Gasteiger partial charge on any atom is -0.456 e. The van der Waals surface area contributed by atoms with Gasteiger partial charge < -0.3 is 18.8 Å². The number of rotatable bonds is 6. The van der Waals surface area contributed by atoms with Gasteiger partial charge >= 0.3 is 0 Å². The van der Waals surface area contributed by atoms with E-state index in [1.807, 2.05) is 12.1 Å². The highest BCUT2D eigenvalue weighted by molar-refractivity contribution is 5.85. The van der Waals surface area contributed by atoms with Crippen molar-refractivity contribution >= 4 is 16.7 Å². The van der Waals surface area contributed by atoms with Crippen LogP contribution in [-0.4, -0.2) is 46.1 Å². The van der Waals surface area contributed by atoms with Crippen LogP contribution in [0.1, 0.15) is 13.3 Å². The number of benzene rings is 2. The molecule has 0 unspecified atom stereocenters. The van der Waals surface area contributed by atoms with E-state index < -0.39 is 0 Å². The average Bonchev–Trinajstić information content (AvgIpc) is 2.72. The standard InChI is InChI=1S/C22H26N2O3/c1-2-10-25-11-7-23-19-5-3-17-14-18-4-6-20(24-8-12-26-13-9-24)16-22(18)27-21(17)15-19/h3-6,14-16H,2,7-13H2,1H3. The molecule has 2 aliphatic heterocycles. The Morgan fingerprint density at radius 2 is 1.93 bits per heavy atom. The molecule has 0 atom stereocenters. The number of ether oxygens (including phenoxy) is 2. The van der Waals surface area contributed by atoms with Gasteiger partial charge in [0.05, 0.1) is 31.7 Å². The molecule has 2 heterocycles. The van der Waals surface area contributed by atoms with Crippen molar-refractivity contribution in [1.82, 2.24) is 0 Å². The minimum atomic E-state index is 0.656. The molecule has 0 amide bonds. The van der Waals surface area contributed by atoms with Crippen LogP contribution in [0.15, 0.2) is 51.9 Å². The zero-order chi connectivity index (χ0) is 18.5. The summed E-state index contributed by atoms with van der Waals surface area (Å²) in [5.41, 5.74) is 3.17. The molecule has 5 heteroatoms. The quantitative estimate of drug-likeness (QED) is 0.493. The van der Waals surface area contributed by atoms with Crippen LogP contribution in [0.25, 0.3) is 22.3 Å². The number of nitrogens with zero attached hydrogens (tertiary/aromatic N) is 2. The van der Waals surface area contributed by atoms with Gasteiger partial charge in [-0.3, -0.25) is 4.99 Å². The van der Waals surface area contributed by atoms with Gasteiger partial charge in [-0.15, -0.1) is 0 Å². The van der Waals surface area contributed by atoms with Crippen LogP contribution < -0.4 is 10.3 Å². The first-order valence-electron chi connectivity index (χ1n) is 9.72. The molecule has 1 fully saturated rings. The fraction of sp³-hybridized carbons (Fsp3) is 0.409. The summed E-state index contributed by atoms with van der Waals surface area (Å²) in [5.74, 6) is 0.859. The van der Waals surface area contributed by atoms with Gasteiger partial charge in [-0.25, -0.2) is 0 Å². The zero-order valence-electron chi connectivity index (χ0n) is 15.8. The molecular weight excluding hydrogens is 340 g/mol. The van der Waals surface area contributed by atoms with Crippen LogP contribution in [-0.2, 0) is 9.47 Å². The lowest BCUT2D eigenvalue weighted by Crippen LogP contribution is -2.36. The van der Waals surface area contributed by atoms with E-state index in [0.717, 1.165) is 67.0 Å². The maximum atomic E-state index is 6.21. The summed E-state index contributed by atoms with van der Waals surface area (Å²) in [4.78, 5) is 6.93. The van der Waals surface area contributed by atoms with Gasteiger partial charge in [-0.2, -0.15) is 0 Å². The molecule has 0 spiro atoms. The largest absolute Gasteiger partial charge is 0.456 e. The molecule has 0 aromatic heterocycles. The molecule has 1 aliphatic carbocycles. The van der Waals surface area contributed by atoms with Crippen LogP contribution in [0.5, 0.6) is 0 Å². The summed E-state index contributed by atoms with van der Waals surface area (Å²) in [6.45, 7) is 7.62. The summed E-state index contributed by atoms with van der Waals surface area (Å²) < 4.78 is 17.2. The molecule has 0 N–H and O–H groups in total. The third kappa shape index (κ3) is 4.31. The van der Waals surface area contributed by atoms with Crippen LogP contribution >= 0.6 is 0 Å². The molecule has 1 aromatic rings. The van der Waals surface area contributed by atoms with Crippen molar-refractivity contribution in [3.05, 3.63) is 47.8 Å². The number of fused-ring (bicyclic) bond motifs is 2. The van der Waals surface area contributed by atoms with E-state index in [0.29, 0.717) is 13.2 Å². The Labute approximate surface area is 159 Å². The van der Waals surface area contributed by atoms with Crippen LogP contribution in [0.4, 0.5) is 5.69 Å². The Morgan fingerprint density at radius 3 is 2.78 bits per heavy atom. The molecule has 0 saturated carbocycles. The van der Waals surface area contributed by atoms with E-state index in [9.17, 15) is 0 Å². The van der Waals surface area contributed by atoms with Crippen molar-refractivity contribution in [1.29, 1.82) is 0 Å². The first kappa shape index (κ1) is 18.0. The SMILES string of the molecule is CCCOCCN=c1ccc2cc3ccc(N4CCOCC4)cc3oc-2c1. The average molecular weight is 366 g/mol. The topological polar surface area (TPSA) is 47.2 Å². The van der Waals surface area contributed by atoms with Crippen LogP contribution in [0, 0.1) is 0 Å². The Kier molecular flexibility index (Phi) is 5.70. The van der Waals surface area contributed by atoms with E-state index in [1.165, 1.54) is 5.69 Å². The van der Waals surface area contributed by atoms with Gasteiger partial charge in [0.25, 0.3) is 0 Å². The first-order chi connectivity index (χ1) is 13.3. The van der Waals surface area contributed by atoms with E-state index >= 15 is 0 Å². The molecular formula is C22H26N2O3. The van der Waals surface area contributed by atoms with Gasteiger partial charge in [0.1, 0.15) is 11.3 Å². The lowest BCUT2D eigenvalue weighted by Gasteiger charge is -2.28. The van der Waals surface area contributed by atoms with E-state index in [2.05, 4.69) is 47.1 Å². The van der Waals surface area contributed by atoms with Crippen molar-refractivity contribution in [2.24, 2.45) is 4.99 Å². The summed E-state index contributed by atoms with van der Waals surface area (Å²) >= 11 is 0. The number of morpholine rings is 1. The molecule has 0 radical (unpaired) electrons. The second kappa shape index (κ2) is 8.55. The molecule has 4 rings (SSSR count). The Hall–Kier alpha value is -2.37. The maximum Gasteiger partial charge on any atom is 0.136 e. The van der Waals surface area contributed by atoms with Crippen molar-refractivity contribution < 1.29 is 13.9 Å². The van der Waals surface area contributed by atoms with Crippen molar-refractivity contribution in [2.45, 2.75) is 13.3 Å². The van der Waals surface area contributed by atoms with Crippen molar-refractivity contribution in [3.63, 3.8) is 0 Å². The second-order valence-electron chi connectivity index (χ2n) is 6.78. The highest BCUT2D eigenvalue weighted by Crippen LogP contribution is 2.30. The van der Waals surface area contributed by atoms with Gasteiger partial charge in [0.2, 0.25) is 0 Å². The molecule has 1 saturated heterocycles. The number of hydrogen-bond donors (Lipinski definition) is 0. The van der Waals surface area contributed by atoms with Gasteiger partial charge in [-0.1, -0.05) is 6.92 Å². The van der Waals surface area contributed by atoms with Crippen LogP contribution in [0.3, 0.4) is 0 Å². The summed E-state index contributed by atoms with van der Waals surface area (Å²) in [6, 6.07) is 14.7. The number of hydrogen-bond acceptors (Lipinski definition) is 5. The predicted molar refractivity (Wildman–Crippen MR) is 107 cm³/mol. The fourth-order valence-electron chi connectivity index (χ4n) is 3.35. The zero-order valence-corrected chi connectivity index (χ0v) is 15.8. The summed E-state index contributed by atoms with van der Waals surface area (Å²) in [6.07, 6.45) is 1.04. The van der Waals surface area contributed by atoms with Crippen molar-refractivity contribution in [3.8, 4) is 11.3 Å². The minimum absolute atomic E-state index is 0.656. The highest BCUT2D eigenvalue weighted by atomic mass is 16.5. The second-order valence-corrected chi connectivity index (χ2v) is 6.78. The summed E-state index contributed by atoms with van der Waals surface area (Å²) in [5, 5.41) is 2.03. The lowest BCUT2D eigenvalue weighted by molar-refractivity contribution is 0.122. The molecule has 142 valence electrons. The molecule has 3 aliphatic rings. The summed E-state index contributed by atoms with van der Waals surface area (Å²) in [7, 11) is 0. The first-order valence-corrected chi connectivity index (χ1v) is 9.72. The molecule has 27 heavy (non-hydrogen) atoms. The lowest BCUT2D eigenvalue weighted by atomic mass is 10.1. The smallest absolute Gasteiger partial charge is 0.136 e. The Morgan fingerprint density at radius 1 is 1.04 bits per heavy atom. The molecule has 5 nitrogen and oxygen atoms in total. The third-order valence-electron chi connectivity index (χ3n) is 4.78. The Balaban J connectivity index is 1.61. The number of anilines is 1. The van der Waals surface area contributed by atoms with Gasteiger partial charge in [0.15, 0.2) is 0 Å². The third-order valence-corrected chi connectivity index (χ3v) is 4.78. The fourth-order valence-corrected chi connectivity index (χ4v) is 3.35. The van der Waals surface area contributed by atoms with E-state index in [4.69, 9.17) is 13.9 Å². The molecule has 1 aromatic carbocycles. The van der Waals surface area contributed by atoms with E-state index in [1.54, 1.807) is 0 Å². The van der Waals surface area contributed by atoms with Crippen LogP contribution in [0.2, 0.25) is 0 Å². The monoisotopic (exact) mass is 366 g/mol. The Bertz CT molecular complexity index is 928. The maximum absolute atomic E-state index is 6.21. The van der Waals surface area contributed by atoms with Gasteiger partial charge in [0, 0.05) is 48.5 Å². The predicted octanol–water partition coefficient (Wildman–Crippen LogP) is 3.70. The highest BCUT2D eigenvalue weighted by Gasteiger charge is 2.13. The van der Waals surface area contributed by atoms with E-state index in [-0.39, 0.29) is 0 Å². The van der Waals surface area contributed by atoms with Crippen molar-refractivity contribution in [2.75, 3.05) is 51.0 Å². The van der Waals surface area contributed by atoms with Gasteiger partial charge in [-0.05, 0) is 36.8 Å².